The second-order valence-electron chi connectivity index (χ2n) is 6.18. The SMILES string of the molecule is C=CC(=O)OCCOC(=O)CCC(=O)Oc1ccc(C=NN=Cc2ccc(F)cc2)cc1. The summed E-state index contributed by atoms with van der Waals surface area (Å²) in [7, 11) is 0. The number of benzene rings is 2. The predicted octanol–water partition coefficient (Wildman–Crippen LogP) is 3.24. The molecular weight excluding hydrogens is 419 g/mol. The molecule has 0 bridgehead atoms. The number of hydrogen-bond acceptors (Lipinski definition) is 8. The lowest BCUT2D eigenvalue weighted by molar-refractivity contribution is -0.151. The largest absolute Gasteiger partial charge is 0.462 e. The smallest absolute Gasteiger partial charge is 0.330 e. The maximum atomic E-state index is 12.8. The van der Waals surface area contributed by atoms with E-state index in [4.69, 9.17) is 9.47 Å². The van der Waals surface area contributed by atoms with Gasteiger partial charge in [0.15, 0.2) is 0 Å². The van der Waals surface area contributed by atoms with Gasteiger partial charge in [0.1, 0.15) is 24.8 Å². The topological polar surface area (TPSA) is 104 Å². The van der Waals surface area contributed by atoms with Crippen LogP contribution in [0, 0.1) is 5.82 Å². The number of carbonyl (C=O) groups is 3. The Balaban J connectivity index is 1.69. The minimum Gasteiger partial charge on any atom is -0.462 e. The zero-order chi connectivity index (χ0) is 23.2. The highest BCUT2D eigenvalue weighted by molar-refractivity contribution is 5.83. The quantitative estimate of drug-likeness (QED) is 0.133. The average Bonchev–Trinajstić information content (AvgIpc) is 2.80. The van der Waals surface area contributed by atoms with Crippen molar-refractivity contribution in [3.63, 3.8) is 0 Å². The van der Waals surface area contributed by atoms with Gasteiger partial charge in [-0.1, -0.05) is 18.7 Å². The van der Waals surface area contributed by atoms with Gasteiger partial charge in [-0.15, -0.1) is 0 Å². The molecule has 0 N–H and O–H groups in total. The fourth-order valence-corrected chi connectivity index (χ4v) is 2.19. The molecule has 9 heteroatoms. The summed E-state index contributed by atoms with van der Waals surface area (Å²) in [5, 5.41) is 7.78. The molecule has 0 fully saturated rings. The predicted molar refractivity (Wildman–Crippen MR) is 115 cm³/mol. The van der Waals surface area contributed by atoms with Crippen LogP contribution in [0.4, 0.5) is 4.39 Å². The van der Waals surface area contributed by atoms with E-state index in [1.807, 2.05) is 0 Å². The first-order chi connectivity index (χ1) is 15.5. The van der Waals surface area contributed by atoms with Crippen molar-refractivity contribution in [1.82, 2.24) is 0 Å². The van der Waals surface area contributed by atoms with Crippen molar-refractivity contribution in [2.75, 3.05) is 13.2 Å². The number of ether oxygens (including phenoxy) is 3. The van der Waals surface area contributed by atoms with Gasteiger partial charge in [-0.25, -0.2) is 9.18 Å². The van der Waals surface area contributed by atoms with Crippen molar-refractivity contribution in [3.8, 4) is 5.75 Å². The lowest BCUT2D eigenvalue weighted by atomic mass is 10.2. The van der Waals surface area contributed by atoms with Crippen molar-refractivity contribution in [3.05, 3.63) is 78.1 Å². The van der Waals surface area contributed by atoms with E-state index in [9.17, 15) is 18.8 Å². The fourth-order valence-electron chi connectivity index (χ4n) is 2.19. The lowest BCUT2D eigenvalue weighted by Gasteiger charge is -2.06. The van der Waals surface area contributed by atoms with Gasteiger partial charge in [-0.3, -0.25) is 9.59 Å². The van der Waals surface area contributed by atoms with Gasteiger partial charge in [-0.2, -0.15) is 10.2 Å². The summed E-state index contributed by atoms with van der Waals surface area (Å²) < 4.78 is 27.5. The standard InChI is InChI=1S/C23H21FN2O6/c1-2-21(27)30-13-14-31-22(28)11-12-23(29)32-20-9-5-18(6-10-20)16-26-25-15-17-3-7-19(24)8-4-17/h2-10,15-16H,1,11-14H2. The third-order valence-corrected chi connectivity index (χ3v) is 3.75. The third-order valence-electron chi connectivity index (χ3n) is 3.75. The highest BCUT2D eigenvalue weighted by Gasteiger charge is 2.10. The molecule has 0 saturated carbocycles. The van der Waals surface area contributed by atoms with Crippen LogP contribution in [0.3, 0.4) is 0 Å². The Morgan fingerprint density at radius 3 is 1.94 bits per heavy atom. The summed E-state index contributed by atoms with van der Waals surface area (Å²) in [4.78, 5) is 34.2. The molecule has 0 unspecified atom stereocenters. The van der Waals surface area contributed by atoms with Gasteiger partial charge in [0, 0.05) is 6.08 Å². The van der Waals surface area contributed by atoms with E-state index in [0.717, 1.165) is 11.6 Å². The molecule has 0 heterocycles. The number of esters is 3. The number of carbonyl (C=O) groups excluding carboxylic acids is 3. The van der Waals surface area contributed by atoms with Crippen LogP contribution < -0.4 is 4.74 Å². The molecule has 0 spiro atoms. The highest BCUT2D eigenvalue weighted by atomic mass is 19.1. The minimum absolute atomic E-state index is 0.0890. The van der Waals surface area contributed by atoms with E-state index in [1.54, 1.807) is 36.4 Å². The van der Waals surface area contributed by atoms with Crippen LogP contribution in [0.5, 0.6) is 5.75 Å². The second kappa shape index (κ2) is 13.2. The third kappa shape index (κ3) is 9.57. The Hall–Kier alpha value is -4.14. The molecule has 166 valence electrons. The Labute approximate surface area is 184 Å². The van der Waals surface area contributed by atoms with Gasteiger partial charge in [0.25, 0.3) is 0 Å². The van der Waals surface area contributed by atoms with Crippen LogP contribution in [-0.4, -0.2) is 43.6 Å². The van der Waals surface area contributed by atoms with Gasteiger partial charge < -0.3 is 14.2 Å². The maximum Gasteiger partial charge on any atom is 0.330 e. The fraction of sp³-hybridized carbons (Fsp3) is 0.174. The van der Waals surface area contributed by atoms with Crippen LogP contribution in [0.15, 0.2) is 71.4 Å². The van der Waals surface area contributed by atoms with Crippen molar-refractivity contribution in [1.29, 1.82) is 0 Å². The van der Waals surface area contributed by atoms with Crippen LogP contribution in [0.2, 0.25) is 0 Å². The van der Waals surface area contributed by atoms with Crippen molar-refractivity contribution in [2.45, 2.75) is 12.8 Å². The first kappa shape index (κ1) is 24.1. The molecule has 0 radical (unpaired) electrons. The molecular formula is C23H21FN2O6. The number of hydrogen-bond donors (Lipinski definition) is 0. The van der Waals surface area contributed by atoms with Crippen LogP contribution in [0.1, 0.15) is 24.0 Å². The summed E-state index contributed by atoms with van der Waals surface area (Å²) in [6, 6.07) is 12.3. The maximum absolute atomic E-state index is 12.8. The van der Waals surface area contributed by atoms with Crippen LogP contribution in [0.25, 0.3) is 0 Å². The molecule has 2 aromatic carbocycles. The molecule has 0 atom stereocenters. The zero-order valence-corrected chi connectivity index (χ0v) is 17.1. The number of nitrogens with zero attached hydrogens (tertiary/aromatic N) is 2. The summed E-state index contributed by atoms with van der Waals surface area (Å²) in [5.41, 5.74) is 1.44. The molecule has 2 rings (SSSR count). The molecule has 0 saturated heterocycles. The Morgan fingerprint density at radius 2 is 1.34 bits per heavy atom. The zero-order valence-electron chi connectivity index (χ0n) is 17.1. The van der Waals surface area contributed by atoms with Gasteiger partial charge in [0.2, 0.25) is 0 Å². The molecule has 0 aliphatic carbocycles. The Bertz CT molecular complexity index is 985. The van der Waals surface area contributed by atoms with E-state index in [0.29, 0.717) is 11.3 Å². The number of rotatable bonds is 11. The van der Waals surface area contributed by atoms with Gasteiger partial charge >= 0.3 is 17.9 Å². The van der Waals surface area contributed by atoms with Gasteiger partial charge in [-0.05, 0) is 47.5 Å². The molecule has 0 aliphatic heterocycles. The minimum atomic E-state index is -0.611. The van der Waals surface area contributed by atoms with Crippen LogP contribution in [-0.2, 0) is 23.9 Å². The number of halogens is 1. The average molecular weight is 440 g/mol. The molecule has 0 aliphatic rings. The summed E-state index contributed by atoms with van der Waals surface area (Å²) in [5.74, 6) is -1.82. The first-order valence-electron chi connectivity index (χ1n) is 9.54. The van der Waals surface area contributed by atoms with E-state index < -0.39 is 17.9 Å². The second-order valence-corrected chi connectivity index (χ2v) is 6.18. The normalized spacial score (nSPS) is 10.8. The molecule has 2 aromatic rings. The van der Waals surface area contributed by atoms with E-state index in [-0.39, 0.29) is 31.9 Å². The van der Waals surface area contributed by atoms with Crippen molar-refractivity contribution >= 4 is 30.3 Å². The Kier molecular flexibility index (Phi) is 9.97. The monoisotopic (exact) mass is 440 g/mol. The van der Waals surface area contributed by atoms with Crippen LogP contribution >= 0.6 is 0 Å². The molecule has 0 amide bonds. The van der Waals surface area contributed by atoms with E-state index >= 15 is 0 Å². The van der Waals surface area contributed by atoms with Crippen molar-refractivity contribution in [2.24, 2.45) is 10.2 Å². The van der Waals surface area contributed by atoms with E-state index in [1.165, 1.54) is 24.6 Å². The molecule has 0 aromatic heterocycles. The summed E-state index contributed by atoms with van der Waals surface area (Å²) >= 11 is 0. The highest BCUT2D eigenvalue weighted by Crippen LogP contribution is 2.12. The van der Waals surface area contributed by atoms with Gasteiger partial charge in [0.05, 0.1) is 25.3 Å². The molecule has 32 heavy (non-hydrogen) atoms. The lowest BCUT2D eigenvalue weighted by Crippen LogP contribution is -2.15. The summed E-state index contributed by atoms with van der Waals surface area (Å²) in [6.07, 6.45) is 3.68. The first-order valence-corrected chi connectivity index (χ1v) is 9.54. The molecule has 8 nitrogen and oxygen atoms in total. The summed E-state index contributed by atoms with van der Waals surface area (Å²) in [6.45, 7) is 3.04. The van der Waals surface area contributed by atoms with E-state index in [2.05, 4.69) is 21.5 Å². The van der Waals surface area contributed by atoms with Crippen molar-refractivity contribution < 1.29 is 33.0 Å². The Morgan fingerprint density at radius 1 is 0.812 bits per heavy atom.